The molecule has 2 heterocycles. The maximum atomic E-state index is 13.9. The van der Waals surface area contributed by atoms with E-state index < -0.39 is 42.5 Å². The molecule has 0 spiro atoms. The molecule has 1 saturated heterocycles. The van der Waals surface area contributed by atoms with Gasteiger partial charge in [0.1, 0.15) is 12.2 Å². The van der Waals surface area contributed by atoms with Crippen LogP contribution in [0.4, 0.5) is 4.39 Å². The van der Waals surface area contributed by atoms with Gasteiger partial charge in [0.15, 0.2) is 12.4 Å². The molecule has 1 fully saturated rings. The zero-order valence-electron chi connectivity index (χ0n) is 10.1. The van der Waals surface area contributed by atoms with Gasteiger partial charge in [-0.2, -0.15) is 0 Å². The predicted molar refractivity (Wildman–Crippen MR) is 76.3 cm³/mol. The van der Waals surface area contributed by atoms with Gasteiger partial charge < -0.3 is 14.9 Å². The van der Waals surface area contributed by atoms with E-state index in [2.05, 4.69) is 0 Å². The van der Waals surface area contributed by atoms with Crippen molar-refractivity contribution in [3.05, 3.63) is 36.7 Å². The number of aromatic nitrogens is 2. The molecule has 1 aromatic rings. The Bertz CT molecular complexity index is 628. The van der Waals surface area contributed by atoms with Crippen LogP contribution in [0, 0.1) is 0 Å². The molecule has 0 amide bonds. The highest BCUT2D eigenvalue weighted by molar-refractivity contribution is 14.1. The van der Waals surface area contributed by atoms with Gasteiger partial charge in [-0.1, -0.05) is 22.6 Å². The Morgan fingerprint density at radius 3 is 2.80 bits per heavy atom. The Balaban J connectivity index is 2.46. The number of nitrogens with one attached hydrogen (secondary N) is 1. The summed E-state index contributed by atoms with van der Waals surface area (Å²) in [6.45, 7) is -0.573. The fraction of sp³-hybridized carbons (Fsp3) is 0.455. The zero-order chi connectivity index (χ0) is 14.9. The first-order valence-electron chi connectivity index (χ1n) is 5.70. The topological polar surface area (TPSA) is 105 Å². The van der Waals surface area contributed by atoms with Crippen LogP contribution in [-0.2, 0) is 4.74 Å². The Hall–Kier alpha value is -1.04. The summed E-state index contributed by atoms with van der Waals surface area (Å²) in [5, 5.41) is 18.5. The summed E-state index contributed by atoms with van der Waals surface area (Å²) in [7, 11) is 0. The summed E-state index contributed by atoms with van der Waals surface area (Å²) in [5.41, 5.74) is -1.30. The van der Waals surface area contributed by atoms with Crippen LogP contribution in [0.15, 0.2) is 19.9 Å². The molecule has 4 atom stereocenters. The average Bonchev–Trinajstić information content (AvgIpc) is 2.70. The van der Waals surface area contributed by atoms with Crippen molar-refractivity contribution in [3.8, 4) is 0 Å². The van der Waals surface area contributed by atoms with E-state index in [-0.39, 0.29) is 5.56 Å². The van der Waals surface area contributed by atoms with Crippen molar-refractivity contribution in [1.82, 2.24) is 9.55 Å². The molecule has 9 heteroatoms. The highest BCUT2D eigenvalue weighted by atomic mass is 123. The number of aliphatic hydroxyl groups is 2. The highest BCUT2D eigenvalue weighted by Crippen LogP contribution is 2.30. The molecule has 2 rings (SSSR count). The first-order chi connectivity index (χ1) is 9.49. The van der Waals surface area contributed by atoms with Crippen molar-refractivity contribution < 1.29 is 19.3 Å². The van der Waals surface area contributed by atoms with Gasteiger partial charge >= 0.3 is 5.69 Å². The molecule has 1 aliphatic rings. The summed E-state index contributed by atoms with van der Waals surface area (Å²) in [4.78, 5) is 25.3. The van der Waals surface area contributed by atoms with Crippen LogP contribution in [-0.4, -0.2) is 44.8 Å². The fourth-order valence-electron chi connectivity index (χ4n) is 1.95. The second-order valence-corrected chi connectivity index (χ2v) is 4.95. The molecule has 0 aromatic carbocycles. The van der Waals surface area contributed by atoms with Gasteiger partial charge in [-0.05, 0) is 10.2 Å². The second-order valence-electron chi connectivity index (χ2n) is 4.23. The normalized spacial score (nSPS) is 30.2. The Morgan fingerprint density at radius 2 is 2.25 bits per heavy atom. The molecule has 1 aliphatic heterocycles. The van der Waals surface area contributed by atoms with E-state index in [0.29, 0.717) is 0 Å². The zero-order valence-corrected chi connectivity index (χ0v) is 12.2. The lowest BCUT2D eigenvalue weighted by Crippen LogP contribution is -2.36. The predicted octanol–water partition coefficient (Wildman–Crippen LogP) is -0.469. The number of ether oxygens (including phenoxy) is 1. The molecule has 0 aliphatic carbocycles. The monoisotopic (exact) mass is 394 g/mol. The lowest BCUT2D eigenvalue weighted by atomic mass is 10.1. The Labute approximate surface area is 125 Å². The molecule has 20 heavy (non-hydrogen) atoms. The number of aromatic amines is 1. The lowest BCUT2D eigenvalue weighted by molar-refractivity contribution is -0.0491. The van der Waals surface area contributed by atoms with Gasteiger partial charge in [-0.15, -0.1) is 0 Å². The minimum absolute atomic E-state index is 0.150. The largest absolute Gasteiger partial charge is 0.394 e. The Morgan fingerprint density at radius 1 is 1.55 bits per heavy atom. The first kappa shape index (κ1) is 15.4. The van der Waals surface area contributed by atoms with E-state index in [0.717, 1.165) is 10.8 Å². The average molecular weight is 394 g/mol. The number of nitrogens with zero attached hydrogens (tertiary/aromatic N) is 1. The molecule has 1 aromatic heterocycles. The SMILES string of the molecule is O=c1[nH]c(=O)n([C@@H]2O[C@H](CO)[C@@H](O)[C@@H]2F)cc1/C=C/[123I]. The number of rotatable bonds is 3. The van der Waals surface area contributed by atoms with Crippen LogP contribution in [0.25, 0.3) is 6.08 Å². The van der Waals surface area contributed by atoms with Gasteiger partial charge in [0.2, 0.25) is 0 Å². The standard InChI is InChI=1S/C11H12FIN2O5/c12-7-8(17)6(4-16)20-10(7)15-3-5(1-2-13)9(18)14-11(15)19/h1-3,6-8,10,16-17H,4H2,(H,14,18,19)/b2-1+/t6-,7+,8-,10-/m1/s1/i13-4. The van der Waals surface area contributed by atoms with Crippen LogP contribution in [0.1, 0.15) is 11.8 Å². The molecule has 110 valence electrons. The minimum atomic E-state index is -1.88. The van der Waals surface area contributed by atoms with E-state index in [9.17, 15) is 19.1 Å². The van der Waals surface area contributed by atoms with E-state index >= 15 is 0 Å². The number of hydrogen-bond donors (Lipinski definition) is 3. The number of hydrogen-bond acceptors (Lipinski definition) is 5. The molecule has 0 saturated carbocycles. The van der Waals surface area contributed by atoms with Gasteiger partial charge in [0, 0.05) is 6.20 Å². The molecule has 0 bridgehead atoms. The summed E-state index contributed by atoms with van der Waals surface area (Å²) in [5.74, 6) is 0. The highest BCUT2D eigenvalue weighted by Gasteiger charge is 2.45. The van der Waals surface area contributed by atoms with Gasteiger partial charge in [-0.3, -0.25) is 14.3 Å². The van der Waals surface area contributed by atoms with Gasteiger partial charge in [-0.25, -0.2) is 9.18 Å². The van der Waals surface area contributed by atoms with Crippen molar-refractivity contribution in [2.45, 2.75) is 24.6 Å². The Kier molecular flexibility index (Phi) is 4.73. The third-order valence-electron chi connectivity index (χ3n) is 2.99. The van der Waals surface area contributed by atoms with E-state index in [1.165, 1.54) is 6.08 Å². The number of alkyl halides is 1. The van der Waals surface area contributed by atoms with Crippen molar-refractivity contribution >= 4 is 28.7 Å². The number of halogens is 2. The minimum Gasteiger partial charge on any atom is -0.394 e. The maximum absolute atomic E-state index is 13.9. The smallest absolute Gasteiger partial charge is 0.330 e. The van der Waals surface area contributed by atoms with Crippen LogP contribution in [0.5, 0.6) is 0 Å². The molecular formula is C11H12FIN2O5. The molecule has 3 N–H and O–H groups in total. The van der Waals surface area contributed by atoms with Crippen molar-refractivity contribution in [2.75, 3.05) is 6.61 Å². The molecule has 0 radical (unpaired) electrons. The molecule has 0 unspecified atom stereocenters. The van der Waals surface area contributed by atoms with Crippen LogP contribution in [0.3, 0.4) is 0 Å². The summed E-state index contributed by atoms with van der Waals surface area (Å²) >= 11 is 1.89. The molecular weight excluding hydrogens is 382 g/mol. The lowest BCUT2D eigenvalue weighted by Gasteiger charge is -2.16. The van der Waals surface area contributed by atoms with E-state index in [4.69, 9.17) is 9.84 Å². The van der Waals surface area contributed by atoms with E-state index in [1.807, 2.05) is 27.6 Å². The van der Waals surface area contributed by atoms with Crippen molar-refractivity contribution in [3.63, 3.8) is 0 Å². The second kappa shape index (κ2) is 6.16. The fourth-order valence-corrected chi connectivity index (χ4v) is 2.34. The first-order valence-corrected chi connectivity index (χ1v) is 6.95. The van der Waals surface area contributed by atoms with Crippen molar-refractivity contribution in [2.24, 2.45) is 0 Å². The maximum Gasteiger partial charge on any atom is 0.330 e. The number of aliphatic hydroxyl groups excluding tert-OH is 2. The summed E-state index contributed by atoms with van der Waals surface area (Å²) in [6, 6.07) is 0. The summed E-state index contributed by atoms with van der Waals surface area (Å²) in [6.07, 6.45) is -3.33. The van der Waals surface area contributed by atoms with Crippen molar-refractivity contribution in [1.29, 1.82) is 0 Å². The number of H-pyrrole nitrogens is 1. The summed E-state index contributed by atoms with van der Waals surface area (Å²) < 4.78 is 21.5. The van der Waals surface area contributed by atoms with E-state index in [1.54, 1.807) is 4.08 Å². The van der Waals surface area contributed by atoms with Gasteiger partial charge in [0.05, 0.1) is 12.2 Å². The third kappa shape index (κ3) is 2.71. The van der Waals surface area contributed by atoms with Crippen LogP contribution >= 0.6 is 22.6 Å². The third-order valence-corrected chi connectivity index (χ3v) is 3.35. The van der Waals surface area contributed by atoms with Gasteiger partial charge in [0.25, 0.3) is 5.56 Å². The van der Waals surface area contributed by atoms with Crippen LogP contribution < -0.4 is 11.2 Å². The quantitative estimate of drug-likeness (QED) is 0.602. The van der Waals surface area contributed by atoms with Crippen LogP contribution in [0.2, 0.25) is 0 Å². The molecule has 7 nitrogen and oxygen atoms in total.